The molecule has 0 saturated carbocycles. The third-order valence-electron chi connectivity index (χ3n) is 3.50. The van der Waals surface area contributed by atoms with E-state index in [1.807, 2.05) is 47.8 Å². The SMILES string of the molecule is Cc1cc(F)ccc1NC(=O)c1ccc(C2SCCS2)cc1. The largest absolute Gasteiger partial charge is 0.322 e. The number of carbonyl (C=O) groups excluding carboxylic acids is 1. The van der Waals surface area contributed by atoms with Gasteiger partial charge < -0.3 is 5.32 Å². The number of halogens is 1. The molecular weight excluding hydrogens is 317 g/mol. The van der Waals surface area contributed by atoms with E-state index in [1.165, 1.54) is 29.2 Å². The minimum Gasteiger partial charge on any atom is -0.322 e. The van der Waals surface area contributed by atoms with Crippen LogP contribution in [0.1, 0.15) is 26.1 Å². The van der Waals surface area contributed by atoms with Crippen LogP contribution in [0.5, 0.6) is 0 Å². The fourth-order valence-corrected chi connectivity index (χ4v) is 5.16. The molecule has 5 heteroatoms. The van der Waals surface area contributed by atoms with Crippen molar-refractivity contribution >= 4 is 35.1 Å². The van der Waals surface area contributed by atoms with Crippen LogP contribution in [0.3, 0.4) is 0 Å². The first-order chi connectivity index (χ1) is 10.6. The number of carbonyl (C=O) groups is 1. The molecule has 3 rings (SSSR count). The Balaban J connectivity index is 1.71. The van der Waals surface area contributed by atoms with Crippen molar-refractivity contribution in [2.45, 2.75) is 11.5 Å². The minimum absolute atomic E-state index is 0.173. The van der Waals surface area contributed by atoms with Gasteiger partial charge in [0.05, 0.1) is 4.58 Å². The van der Waals surface area contributed by atoms with E-state index in [-0.39, 0.29) is 11.7 Å². The van der Waals surface area contributed by atoms with E-state index in [2.05, 4.69) is 5.32 Å². The summed E-state index contributed by atoms with van der Waals surface area (Å²) < 4.78 is 13.6. The molecule has 2 nitrogen and oxygen atoms in total. The average molecular weight is 333 g/mol. The Bertz CT molecular complexity index is 682. The first-order valence-electron chi connectivity index (χ1n) is 7.04. The predicted octanol–water partition coefficient (Wildman–Crippen LogP) is 4.87. The molecule has 0 spiro atoms. The van der Waals surface area contributed by atoms with Crippen LogP contribution in [0.15, 0.2) is 42.5 Å². The summed E-state index contributed by atoms with van der Waals surface area (Å²) in [5, 5.41) is 2.83. The maximum Gasteiger partial charge on any atom is 0.255 e. The molecule has 1 aliphatic heterocycles. The molecule has 1 fully saturated rings. The summed E-state index contributed by atoms with van der Waals surface area (Å²) in [5.41, 5.74) is 3.21. The van der Waals surface area contributed by atoms with E-state index < -0.39 is 0 Å². The second-order valence-corrected chi connectivity index (χ2v) is 7.83. The lowest BCUT2D eigenvalue weighted by Crippen LogP contribution is -2.12. The smallest absolute Gasteiger partial charge is 0.255 e. The van der Waals surface area contributed by atoms with Crippen LogP contribution in [0.25, 0.3) is 0 Å². The van der Waals surface area contributed by atoms with Gasteiger partial charge in [-0.05, 0) is 48.4 Å². The molecule has 2 aromatic rings. The zero-order valence-corrected chi connectivity index (χ0v) is 13.8. The number of hydrogen-bond acceptors (Lipinski definition) is 3. The monoisotopic (exact) mass is 333 g/mol. The van der Waals surface area contributed by atoms with Crippen LogP contribution < -0.4 is 5.32 Å². The molecule has 0 atom stereocenters. The molecule has 1 aliphatic rings. The number of hydrogen-bond donors (Lipinski definition) is 1. The molecule has 0 unspecified atom stereocenters. The van der Waals surface area contributed by atoms with E-state index in [0.29, 0.717) is 21.4 Å². The van der Waals surface area contributed by atoms with Gasteiger partial charge in [-0.2, -0.15) is 0 Å². The summed E-state index contributed by atoms with van der Waals surface area (Å²) >= 11 is 3.89. The van der Waals surface area contributed by atoms with Gasteiger partial charge in [0.25, 0.3) is 5.91 Å². The van der Waals surface area contributed by atoms with E-state index in [1.54, 1.807) is 13.0 Å². The molecule has 1 saturated heterocycles. The van der Waals surface area contributed by atoms with Crippen molar-refractivity contribution in [3.63, 3.8) is 0 Å². The summed E-state index contributed by atoms with van der Waals surface area (Å²) in [6.07, 6.45) is 0. The highest BCUT2D eigenvalue weighted by atomic mass is 32.2. The number of nitrogens with one attached hydrogen (secondary N) is 1. The van der Waals surface area contributed by atoms with Gasteiger partial charge in [0, 0.05) is 22.8 Å². The van der Waals surface area contributed by atoms with Gasteiger partial charge in [0.1, 0.15) is 5.82 Å². The van der Waals surface area contributed by atoms with Crippen LogP contribution in [0, 0.1) is 12.7 Å². The normalized spacial score (nSPS) is 15.0. The first kappa shape index (κ1) is 15.4. The van der Waals surface area contributed by atoms with E-state index in [0.717, 1.165) is 0 Å². The van der Waals surface area contributed by atoms with E-state index in [4.69, 9.17) is 0 Å². The topological polar surface area (TPSA) is 29.1 Å². The van der Waals surface area contributed by atoms with Crippen molar-refractivity contribution in [2.24, 2.45) is 0 Å². The Morgan fingerprint density at radius 3 is 2.45 bits per heavy atom. The van der Waals surface area contributed by atoms with Gasteiger partial charge in [-0.15, -0.1) is 23.5 Å². The van der Waals surface area contributed by atoms with Crippen LogP contribution in [-0.4, -0.2) is 17.4 Å². The Labute approximate surface area is 137 Å². The van der Waals surface area contributed by atoms with Crippen LogP contribution in [0.4, 0.5) is 10.1 Å². The van der Waals surface area contributed by atoms with Gasteiger partial charge in [0.15, 0.2) is 0 Å². The summed E-state index contributed by atoms with van der Waals surface area (Å²) in [5.74, 6) is 1.89. The highest BCUT2D eigenvalue weighted by molar-refractivity contribution is 8.19. The maximum atomic E-state index is 13.1. The first-order valence-corrected chi connectivity index (χ1v) is 9.14. The number of rotatable bonds is 3. The van der Waals surface area contributed by atoms with Crippen molar-refractivity contribution in [2.75, 3.05) is 16.8 Å². The zero-order valence-electron chi connectivity index (χ0n) is 12.1. The second-order valence-electron chi connectivity index (χ2n) is 5.11. The minimum atomic E-state index is -0.300. The fourth-order valence-electron chi connectivity index (χ4n) is 2.30. The molecule has 0 bridgehead atoms. The Kier molecular flexibility index (Phi) is 4.74. The molecule has 0 aliphatic carbocycles. The molecule has 1 heterocycles. The molecule has 2 aromatic carbocycles. The van der Waals surface area contributed by atoms with Gasteiger partial charge >= 0.3 is 0 Å². The van der Waals surface area contributed by atoms with Gasteiger partial charge in [-0.3, -0.25) is 4.79 Å². The van der Waals surface area contributed by atoms with Crippen LogP contribution >= 0.6 is 23.5 Å². The quantitative estimate of drug-likeness (QED) is 0.869. The van der Waals surface area contributed by atoms with Gasteiger partial charge in [0.2, 0.25) is 0 Å². The lowest BCUT2D eigenvalue weighted by atomic mass is 10.1. The Morgan fingerprint density at radius 2 is 1.82 bits per heavy atom. The van der Waals surface area contributed by atoms with Crippen molar-refractivity contribution in [1.29, 1.82) is 0 Å². The number of benzene rings is 2. The Morgan fingerprint density at radius 1 is 1.14 bits per heavy atom. The molecule has 22 heavy (non-hydrogen) atoms. The number of amides is 1. The van der Waals surface area contributed by atoms with E-state index in [9.17, 15) is 9.18 Å². The molecule has 114 valence electrons. The molecule has 0 aromatic heterocycles. The number of anilines is 1. The summed E-state index contributed by atoms with van der Waals surface area (Å²) in [6, 6.07) is 12.1. The highest BCUT2D eigenvalue weighted by Crippen LogP contribution is 2.45. The van der Waals surface area contributed by atoms with Crippen LogP contribution in [-0.2, 0) is 0 Å². The second kappa shape index (κ2) is 6.75. The molecule has 0 radical (unpaired) electrons. The van der Waals surface area contributed by atoms with Crippen LogP contribution in [0.2, 0.25) is 0 Å². The van der Waals surface area contributed by atoms with Gasteiger partial charge in [-0.25, -0.2) is 4.39 Å². The van der Waals surface area contributed by atoms with Crippen molar-refractivity contribution < 1.29 is 9.18 Å². The lowest BCUT2D eigenvalue weighted by Gasteiger charge is -2.11. The predicted molar refractivity (Wildman–Crippen MR) is 93.2 cm³/mol. The Hall–Kier alpha value is -1.46. The highest BCUT2D eigenvalue weighted by Gasteiger charge is 2.18. The van der Waals surface area contributed by atoms with Crippen molar-refractivity contribution in [3.05, 3.63) is 65.0 Å². The van der Waals surface area contributed by atoms with Crippen molar-refractivity contribution in [3.8, 4) is 0 Å². The summed E-state index contributed by atoms with van der Waals surface area (Å²) in [4.78, 5) is 12.3. The summed E-state index contributed by atoms with van der Waals surface area (Å²) in [7, 11) is 0. The zero-order chi connectivity index (χ0) is 15.5. The number of thioether (sulfide) groups is 2. The third-order valence-corrected chi connectivity index (χ3v) is 6.61. The molecular formula is C17H16FNOS2. The van der Waals surface area contributed by atoms with Gasteiger partial charge in [-0.1, -0.05) is 12.1 Å². The maximum absolute atomic E-state index is 13.1. The number of aryl methyl sites for hydroxylation is 1. The van der Waals surface area contributed by atoms with Crippen molar-refractivity contribution in [1.82, 2.24) is 0 Å². The molecule has 1 amide bonds. The molecule has 1 N–H and O–H groups in total. The average Bonchev–Trinajstić information content (AvgIpc) is 3.04. The standard InChI is InChI=1S/C17H16FNOS2/c1-11-10-14(18)6-7-15(11)19-16(20)12-2-4-13(5-3-12)17-21-8-9-22-17/h2-7,10,17H,8-9H2,1H3,(H,19,20). The fraction of sp³-hybridized carbons (Fsp3) is 0.235. The third kappa shape index (κ3) is 3.47. The van der Waals surface area contributed by atoms with E-state index >= 15 is 0 Å². The summed E-state index contributed by atoms with van der Waals surface area (Å²) in [6.45, 7) is 1.77. The lowest BCUT2D eigenvalue weighted by molar-refractivity contribution is 0.102.